The first-order valence-electron chi connectivity index (χ1n) is 7.48. The number of benzene rings is 3. The predicted molar refractivity (Wildman–Crippen MR) is 102 cm³/mol. The van der Waals surface area contributed by atoms with Gasteiger partial charge in [-0.15, -0.1) is 6.58 Å². The average molecular weight is 342 g/mol. The fourth-order valence-corrected chi connectivity index (χ4v) is 2.95. The molecule has 0 saturated heterocycles. The fourth-order valence-electron chi connectivity index (χ4n) is 2.66. The van der Waals surface area contributed by atoms with Crippen LogP contribution >= 0.6 is 23.2 Å². The van der Waals surface area contributed by atoms with E-state index in [4.69, 9.17) is 23.2 Å². The molecule has 0 fully saturated rings. The van der Waals surface area contributed by atoms with Crippen molar-refractivity contribution >= 4 is 39.7 Å². The van der Waals surface area contributed by atoms with Crippen molar-refractivity contribution in [3.63, 3.8) is 0 Å². The van der Waals surface area contributed by atoms with Gasteiger partial charge in [-0.1, -0.05) is 65.7 Å². The molecule has 0 bridgehead atoms. The molecule has 3 aromatic rings. The monoisotopic (exact) mass is 341 g/mol. The summed E-state index contributed by atoms with van der Waals surface area (Å²) in [5.74, 6) is 0. The van der Waals surface area contributed by atoms with Gasteiger partial charge in [-0.3, -0.25) is 0 Å². The molecule has 116 valence electrons. The van der Waals surface area contributed by atoms with E-state index in [1.165, 1.54) is 16.3 Å². The number of anilines is 1. The van der Waals surface area contributed by atoms with Crippen molar-refractivity contribution < 1.29 is 0 Å². The fraction of sp³-hybridized carbons (Fsp3) is 0.100. The van der Waals surface area contributed by atoms with E-state index < -0.39 is 0 Å². The lowest BCUT2D eigenvalue weighted by Crippen LogP contribution is -2.10. The van der Waals surface area contributed by atoms with Crippen LogP contribution in [0.15, 0.2) is 73.3 Å². The minimum atomic E-state index is 0.134. The first kappa shape index (κ1) is 15.9. The van der Waals surface area contributed by atoms with E-state index in [9.17, 15) is 0 Å². The van der Waals surface area contributed by atoms with E-state index in [-0.39, 0.29) is 6.04 Å². The van der Waals surface area contributed by atoms with Gasteiger partial charge in [0.15, 0.2) is 0 Å². The molecule has 1 nitrogen and oxygen atoms in total. The molecule has 0 radical (unpaired) electrons. The third-order valence-corrected chi connectivity index (χ3v) is 4.58. The Labute approximate surface area is 146 Å². The zero-order valence-corrected chi connectivity index (χ0v) is 14.1. The van der Waals surface area contributed by atoms with Crippen LogP contribution in [0, 0.1) is 0 Å². The van der Waals surface area contributed by atoms with Crippen LogP contribution in [-0.2, 0) is 0 Å². The maximum atomic E-state index is 6.11. The van der Waals surface area contributed by atoms with Crippen molar-refractivity contribution in [3.05, 3.63) is 88.9 Å². The molecule has 0 amide bonds. The van der Waals surface area contributed by atoms with Gasteiger partial charge in [0.05, 0.1) is 16.1 Å². The molecule has 0 spiro atoms. The molecule has 1 N–H and O–H groups in total. The van der Waals surface area contributed by atoms with Crippen molar-refractivity contribution in [2.45, 2.75) is 12.5 Å². The number of halogens is 2. The quantitative estimate of drug-likeness (QED) is 0.499. The van der Waals surface area contributed by atoms with Crippen LogP contribution in [-0.4, -0.2) is 0 Å². The summed E-state index contributed by atoms with van der Waals surface area (Å²) < 4.78 is 0. The second-order valence-corrected chi connectivity index (χ2v) is 6.27. The average Bonchev–Trinajstić information content (AvgIpc) is 2.57. The largest absolute Gasteiger partial charge is 0.378 e. The highest BCUT2D eigenvalue weighted by molar-refractivity contribution is 6.42. The van der Waals surface area contributed by atoms with Crippen molar-refractivity contribution in [1.29, 1.82) is 0 Å². The highest BCUT2D eigenvalue weighted by Crippen LogP contribution is 2.30. The number of hydrogen-bond acceptors (Lipinski definition) is 1. The Morgan fingerprint density at radius 3 is 2.43 bits per heavy atom. The van der Waals surface area contributed by atoms with Gasteiger partial charge in [-0.2, -0.15) is 0 Å². The minimum Gasteiger partial charge on any atom is -0.378 e. The van der Waals surface area contributed by atoms with E-state index in [2.05, 4.69) is 54.4 Å². The molecule has 3 rings (SSSR count). The van der Waals surface area contributed by atoms with E-state index >= 15 is 0 Å². The maximum absolute atomic E-state index is 6.11. The zero-order chi connectivity index (χ0) is 16.2. The van der Waals surface area contributed by atoms with Gasteiger partial charge in [-0.05, 0) is 47.0 Å². The summed E-state index contributed by atoms with van der Waals surface area (Å²) >= 11 is 12.1. The summed E-state index contributed by atoms with van der Waals surface area (Å²) in [5.41, 5.74) is 2.16. The van der Waals surface area contributed by atoms with Crippen molar-refractivity contribution in [1.82, 2.24) is 0 Å². The first-order valence-corrected chi connectivity index (χ1v) is 8.24. The molecule has 0 aliphatic carbocycles. The Morgan fingerprint density at radius 2 is 1.70 bits per heavy atom. The summed E-state index contributed by atoms with van der Waals surface area (Å²) in [5, 5.41) is 7.09. The van der Waals surface area contributed by atoms with E-state index in [1.807, 2.05) is 18.2 Å². The Balaban J connectivity index is 1.92. The van der Waals surface area contributed by atoms with Gasteiger partial charge in [0.2, 0.25) is 0 Å². The smallest absolute Gasteiger partial charge is 0.0612 e. The van der Waals surface area contributed by atoms with E-state index in [0.29, 0.717) is 10.0 Å². The SMILES string of the molecule is C=CCC(Nc1ccc(Cl)c(Cl)c1)c1ccc2ccccc2c1. The standard InChI is InChI=1S/C20H17Cl2N/c1-2-5-20(23-17-10-11-18(21)19(22)13-17)16-9-8-14-6-3-4-7-15(14)12-16/h2-4,6-13,20,23H,1,5H2. The number of rotatable bonds is 5. The molecule has 0 aliphatic rings. The number of fused-ring (bicyclic) bond motifs is 1. The number of hydrogen-bond donors (Lipinski definition) is 1. The van der Waals surface area contributed by atoms with Crippen LogP contribution in [0.5, 0.6) is 0 Å². The first-order chi connectivity index (χ1) is 11.2. The van der Waals surface area contributed by atoms with Crippen LogP contribution in [0.1, 0.15) is 18.0 Å². The minimum absolute atomic E-state index is 0.134. The molecule has 1 atom stereocenters. The lowest BCUT2D eigenvalue weighted by atomic mass is 9.99. The normalized spacial score (nSPS) is 12.1. The summed E-state index contributed by atoms with van der Waals surface area (Å²) in [6.45, 7) is 3.87. The molecule has 0 aromatic heterocycles. The molecular weight excluding hydrogens is 325 g/mol. The van der Waals surface area contributed by atoms with Crippen LogP contribution in [0.25, 0.3) is 10.8 Å². The molecule has 0 saturated carbocycles. The molecular formula is C20H17Cl2N. The summed E-state index contributed by atoms with van der Waals surface area (Å²) in [6, 6.07) is 20.6. The van der Waals surface area contributed by atoms with Crippen LogP contribution in [0.4, 0.5) is 5.69 Å². The molecule has 0 aliphatic heterocycles. The second-order valence-electron chi connectivity index (χ2n) is 5.46. The van der Waals surface area contributed by atoms with Gasteiger partial charge in [0.1, 0.15) is 0 Å². The summed E-state index contributed by atoms with van der Waals surface area (Å²) in [7, 11) is 0. The van der Waals surface area contributed by atoms with Gasteiger partial charge in [0.25, 0.3) is 0 Å². The summed E-state index contributed by atoms with van der Waals surface area (Å²) in [4.78, 5) is 0. The maximum Gasteiger partial charge on any atom is 0.0612 e. The highest BCUT2D eigenvalue weighted by Gasteiger charge is 2.11. The van der Waals surface area contributed by atoms with Gasteiger partial charge >= 0.3 is 0 Å². The molecule has 1 unspecified atom stereocenters. The van der Waals surface area contributed by atoms with Crippen molar-refractivity contribution in [2.75, 3.05) is 5.32 Å². The van der Waals surface area contributed by atoms with Crippen molar-refractivity contribution in [2.24, 2.45) is 0 Å². The third-order valence-electron chi connectivity index (χ3n) is 3.84. The van der Waals surface area contributed by atoms with Crippen molar-refractivity contribution in [3.8, 4) is 0 Å². The van der Waals surface area contributed by atoms with Gasteiger partial charge in [-0.25, -0.2) is 0 Å². The molecule has 3 aromatic carbocycles. The lowest BCUT2D eigenvalue weighted by Gasteiger charge is -2.20. The van der Waals surface area contributed by atoms with Crippen LogP contribution in [0.3, 0.4) is 0 Å². The Kier molecular flexibility index (Phi) is 4.90. The third kappa shape index (κ3) is 3.69. The molecule has 23 heavy (non-hydrogen) atoms. The summed E-state index contributed by atoms with van der Waals surface area (Å²) in [6.07, 6.45) is 2.74. The van der Waals surface area contributed by atoms with E-state index in [0.717, 1.165) is 12.1 Å². The Hall–Kier alpha value is -1.96. The van der Waals surface area contributed by atoms with Gasteiger partial charge < -0.3 is 5.32 Å². The van der Waals surface area contributed by atoms with Gasteiger partial charge in [0, 0.05) is 5.69 Å². The second kappa shape index (κ2) is 7.08. The Bertz CT molecular complexity index is 842. The highest BCUT2D eigenvalue weighted by atomic mass is 35.5. The zero-order valence-electron chi connectivity index (χ0n) is 12.6. The Morgan fingerprint density at radius 1 is 0.913 bits per heavy atom. The lowest BCUT2D eigenvalue weighted by molar-refractivity contribution is 0.800. The van der Waals surface area contributed by atoms with Crippen LogP contribution < -0.4 is 5.32 Å². The number of nitrogens with one attached hydrogen (secondary N) is 1. The topological polar surface area (TPSA) is 12.0 Å². The molecule has 3 heteroatoms. The predicted octanol–water partition coefficient (Wildman–Crippen LogP) is 6.88. The van der Waals surface area contributed by atoms with Crippen LogP contribution in [0.2, 0.25) is 10.0 Å². The van der Waals surface area contributed by atoms with E-state index in [1.54, 1.807) is 6.07 Å². The molecule has 0 heterocycles.